The molecule has 0 atom stereocenters. The maximum atomic E-state index is 12.4. The van der Waals surface area contributed by atoms with Crippen LogP contribution in [-0.4, -0.2) is 24.5 Å². The molecule has 0 radical (unpaired) electrons. The molecule has 3 rings (SSSR count). The van der Waals surface area contributed by atoms with Crippen LogP contribution in [0, 0.1) is 11.8 Å². The van der Waals surface area contributed by atoms with E-state index in [0.29, 0.717) is 13.1 Å². The van der Waals surface area contributed by atoms with Crippen LogP contribution in [0.5, 0.6) is 0 Å². The molecule has 1 N–H and O–H groups in total. The Kier molecular flexibility index (Phi) is 6.27. The molecule has 0 unspecified atom stereocenters. The van der Waals surface area contributed by atoms with Crippen molar-refractivity contribution in [3.8, 4) is 23.0 Å². The first kappa shape index (κ1) is 18.3. The summed E-state index contributed by atoms with van der Waals surface area (Å²) in [5, 5.41) is 2.85. The van der Waals surface area contributed by atoms with Gasteiger partial charge < -0.3 is 10.2 Å². The maximum absolute atomic E-state index is 12.4. The Labute approximate surface area is 160 Å². The minimum absolute atomic E-state index is 0.139. The molecule has 3 heteroatoms. The number of hydrogen-bond donors (Lipinski definition) is 1. The molecule has 0 aliphatic carbocycles. The van der Waals surface area contributed by atoms with Crippen molar-refractivity contribution in [2.75, 3.05) is 13.6 Å². The lowest BCUT2D eigenvalue weighted by molar-refractivity contribution is 0.208. The second kappa shape index (κ2) is 9.26. The number of carbonyl (C=O) groups is 1. The van der Waals surface area contributed by atoms with E-state index < -0.39 is 0 Å². The molecular weight excluding hydrogens is 332 g/mol. The second-order valence-electron chi connectivity index (χ2n) is 6.21. The largest absolute Gasteiger partial charge is 0.327 e. The van der Waals surface area contributed by atoms with Crippen LogP contribution in [0.2, 0.25) is 0 Å². The molecule has 3 aromatic carbocycles. The molecule has 0 aliphatic rings. The van der Waals surface area contributed by atoms with E-state index in [1.807, 2.05) is 60.7 Å². The van der Waals surface area contributed by atoms with Gasteiger partial charge in [-0.25, -0.2) is 4.79 Å². The summed E-state index contributed by atoms with van der Waals surface area (Å²) in [7, 11) is 1.79. The molecule has 0 aliphatic heterocycles. The summed E-state index contributed by atoms with van der Waals surface area (Å²) < 4.78 is 0. The van der Waals surface area contributed by atoms with Gasteiger partial charge in [-0.2, -0.15) is 0 Å². The third kappa shape index (κ3) is 5.23. The van der Waals surface area contributed by atoms with Crippen molar-refractivity contribution in [3.05, 3.63) is 96.1 Å². The number of benzene rings is 3. The molecule has 2 amide bonds. The highest BCUT2D eigenvalue weighted by Gasteiger charge is 2.11. The number of nitrogens with zero attached hydrogens (tertiary/aromatic N) is 1. The van der Waals surface area contributed by atoms with Crippen LogP contribution < -0.4 is 5.32 Å². The molecular formula is C24H22N2O. The van der Waals surface area contributed by atoms with Crippen LogP contribution in [0.3, 0.4) is 0 Å². The lowest BCUT2D eigenvalue weighted by atomic mass is 9.99. The summed E-state index contributed by atoms with van der Waals surface area (Å²) in [6.07, 6.45) is 0. The Bertz CT molecular complexity index is 940. The summed E-state index contributed by atoms with van der Waals surface area (Å²) in [4.78, 5) is 14.0. The van der Waals surface area contributed by atoms with Gasteiger partial charge in [0.1, 0.15) is 0 Å². The van der Waals surface area contributed by atoms with Crippen molar-refractivity contribution < 1.29 is 4.79 Å². The predicted octanol–water partition coefficient (Wildman–Crippen LogP) is 4.55. The number of carbonyl (C=O) groups excluding carboxylic acids is 1. The minimum atomic E-state index is -0.139. The van der Waals surface area contributed by atoms with E-state index in [-0.39, 0.29) is 6.03 Å². The van der Waals surface area contributed by atoms with E-state index in [0.717, 1.165) is 22.3 Å². The fourth-order valence-corrected chi connectivity index (χ4v) is 2.81. The quantitative estimate of drug-likeness (QED) is 0.685. The molecule has 0 spiro atoms. The number of urea groups is 1. The standard InChI is InChI=1S/C24H22N2O/c1-26(24(27)25-18-10-13-20-11-4-2-5-12-20)19-22-16-8-9-17-23(22)21-14-6-3-7-15-21/h2-9,11-12,14-17H,18-19H2,1H3,(H,25,27). The Morgan fingerprint density at radius 3 is 2.26 bits per heavy atom. The fourth-order valence-electron chi connectivity index (χ4n) is 2.81. The molecule has 3 aromatic rings. The fraction of sp³-hybridized carbons (Fsp3) is 0.125. The van der Waals surface area contributed by atoms with E-state index in [4.69, 9.17) is 0 Å². The van der Waals surface area contributed by atoms with Gasteiger partial charge in [-0.1, -0.05) is 84.6 Å². The molecule has 27 heavy (non-hydrogen) atoms. The third-order valence-electron chi connectivity index (χ3n) is 4.19. The molecule has 0 aromatic heterocycles. The highest BCUT2D eigenvalue weighted by atomic mass is 16.2. The van der Waals surface area contributed by atoms with E-state index in [1.54, 1.807) is 11.9 Å². The van der Waals surface area contributed by atoms with Crippen LogP contribution in [0.15, 0.2) is 84.9 Å². The Hall–Kier alpha value is -3.51. The first-order chi connectivity index (χ1) is 13.2. The van der Waals surface area contributed by atoms with E-state index >= 15 is 0 Å². The average molecular weight is 354 g/mol. The van der Waals surface area contributed by atoms with Gasteiger partial charge in [0.25, 0.3) is 0 Å². The van der Waals surface area contributed by atoms with Crippen molar-refractivity contribution in [2.45, 2.75) is 6.54 Å². The summed E-state index contributed by atoms with van der Waals surface area (Å²) in [5.74, 6) is 6.02. The van der Waals surface area contributed by atoms with Gasteiger partial charge in [0.2, 0.25) is 0 Å². The highest BCUT2D eigenvalue weighted by Crippen LogP contribution is 2.24. The first-order valence-corrected chi connectivity index (χ1v) is 8.90. The van der Waals surface area contributed by atoms with Gasteiger partial charge in [0.05, 0.1) is 6.54 Å². The molecule has 0 heterocycles. The number of hydrogen-bond acceptors (Lipinski definition) is 1. The summed E-state index contributed by atoms with van der Waals surface area (Å²) in [5.41, 5.74) is 4.34. The van der Waals surface area contributed by atoms with Crippen LogP contribution >= 0.6 is 0 Å². The van der Waals surface area contributed by atoms with Gasteiger partial charge in [-0.3, -0.25) is 0 Å². The lowest BCUT2D eigenvalue weighted by Gasteiger charge is -2.19. The number of rotatable bonds is 4. The second-order valence-corrected chi connectivity index (χ2v) is 6.21. The molecule has 0 saturated carbocycles. The maximum Gasteiger partial charge on any atom is 0.318 e. The van der Waals surface area contributed by atoms with Gasteiger partial charge in [0.15, 0.2) is 0 Å². The molecule has 3 nitrogen and oxygen atoms in total. The van der Waals surface area contributed by atoms with Gasteiger partial charge >= 0.3 is 6.03 Å². The Morgan fingerprint density at radius 2 is 1.52 bits per heavy atom. The van der Waals surface area contributed by atoms with Crippen LogP contribution in [0.4, 0.5) is 4.79 Å². The van der Waals surface area contributed by atoms with Crippen molar-refractivity contribution in [1.82, 2.24) is 10.2 Å². The van der Waals surface area contributed by atoms with Gasteiger partial charge in [0, 0.05) is 19.2 Å². The molecule has 0 saturated heterocycles. The van der Waals surface area contributed by atoms with Gasteiger partial charge in [-0.05, 0) is 28.8 Å². The summed E-state index contributed by atoms with van der Waals surface area (Å²) in [6, 6.07) is 28.0. The zero-order chi connectivity index (χ0) is 18.9. The van der Waals surface area contributed by atoms with E-state index in [9.17, 15) is 4.79 Å². The first-order valence-electron chi connectivity index (χ1n) is 8.90. The highest BCUT2D eigenvalue weighted by molar-refractivity contribution is 5.75. The van der Waals surface area contributed by atoms with Crippen LogP contribution in [0.1, 0.15) is 11.1 Å². The summed E-state index contributed by atoms with van der Waals surface area (Å²) >= 11 is 0. The van der Waals surface area contributed by atoms with Crippen molar-refractivity contribution in [1.29, 1.82) is 0 Å². The Morgan fingerprint density at radius 1 is 0.889 bits per heavy atom. The zero-order valence-corrected chi connectivity index (χ0v) is 15.4. The third-order valence-corrected chi connectivity index (χ3v) is 4.19. The molecule has 134 valence electrons. The molecule has 0 fully saturated rings. The SMILES string of the molecule is CN(Cc1ccccc1-c1ccccc1)C(=O)NCC#Cc1ccccc1. The van der Waals surface area contributed by atoms with Crippen molar-refractivity contribution in [2.24, 2.45) is 0 Å². The summed E-state index contributed by atoms with van der Waals surface area (Å²) in [6.45, 7) is 0.849. The van der Waals surface area contributed by atoms with E-state index in [2.05, 4.69) is 41.4 Å². The van der Waals surface area contributed by atoms with Crippen molar-refractivity contribution >= 4 is 6.03 Å². The van der Waals surface area contributed by atoms with E-state index in [1.165, 1.54) is 0 Å². The predicted molar refractivity (Wildman–Crippen MR) is 110 cm³/mol. The van der Waals surface area contributed by atoms with Crippen LogP contribution in [0.25, 0.3) is 11.1 Å². The smallest absolute Gasteiger partial charge is 0.318 e. The van der Waals surface area contributed by atoms with Crippen molar-refractivity contribution in [3.63, 3.8) is 0 Å². The number of amides is 2. The van der Waals surface area contributed by atoms with Crippen LogP contribution in [-0.2, 0) is 6.54 Å². The Balaban J connectivity index is 1.60. The number of nitrogens with one attached hydrogen (secondary N) is 1. The lowest BCUT2D eigenvalue weighted by Crippen LogP contribution is -2.37. The average Bonchev–Trinajstić information content (AvgIpc) is 2.73. The topological polar surface area (TPSA) is 32.3 Å². The normalized spacial score (nSPS) is 9.81. The monoisotopic (exact) mass is 354 g/mol. The minimum Gasteiger partial charge on any atom is -0.327 e. The molecule has 0 bridgehead atoms. The van der Waals surface area contributed by atoms with Gasteiger partial charge in [-0.15, -0.1) is 0 Å². The zero-order valence-electron chi connectivity index (χ0n) is 15.4.